The minimum atomic E-state index is -0.853. The Hall–Kier alpha value is -0.650. The number of alkyl halides is 1. The molecule has 0 N–H and O–H groups in total. The van der Waals surface area contributed by atoms with Gasteiger partial charge in [-0.05, 0) is 59.7 Å². The molecule has 1 aliphatic heterocycles. The van der Waals surface area contributed by atoms with Crippen LogP contribution >= 0.6 is 22.6 Å². The van der Waals surface area contributed by atoms with Gasteiger partial charge in [0.25, 0.3) is 5.91 Å². The standard InChI is InChI=1S/C12H13FINO/c1-8-6-9(2-3-11(8)14)12(16)15-5-4-10(13)7-15/h2-3,6,10H,4-5,7H2,1H3. The van der Waals surface area contributed by atoms with E-state index >= 15 is 0 Å². The Balaban J connectivity index is 2.18. The number of halogens is 2. The monoisotopic (exact) mass is 333 g/mol. The molecule has 1 amide bonds. The highest BCUT2D eigenvalue weighted by molar-refractivity contribution is 14.1. The fraction of sp³-hybridized carbons (Fsp3) is 0.417. The molecule has 1 aliphatic rings. The molecule has 2 nitrogen and oxygen atoms in total. The van der Waals surface area contributed by atoms with Crippen LogP contribution in [0, 0.1) is 10.5 Å². The lowest BCUT2D eigenvalue weighted by Gasteiger charge is -2.15. The van der Waals surface area contributed by atoms with Crippen LogP contribution in [0.2, 0.25) is 0 Å². The summed E-state index contributed by atoms with van der Waals surface area (Å²) in [5.74, 6) is -0.0559. The number of benzene rings is 1. The van der Waals surface area contributed by atoms with Gasteiger partial charge in [-0.2, -0.15) is 0 Å². The molecule has 1 saturated heterocycles. The van der Waals surface area contributed by atoms with Crippen molar-refractivity contribution in [3.05, 3.63) is 32.9 Å². The van der Waals surface area contributed by atoms with Crippen molar-refractivity contribution in [2.45, 2.75) is 19.5 Å². The Morgan fingerprint density at radius 1 is 1.56 bits per heavy atom. The van der Waals surface area contributed by atoms with E-state index in [9.17, 15) is 9.18 Å². The Kier molecular flexibility index (Phi) is 3.47. The molecular formula is C12H13FINO. The van der Waals surface area contributed by atoms with E-state index in [1.807, 2.05) is 25.1 Å². The molecule has 1 unspecified atom stereocenters. The van der Waals surface area contributed by atoms with Gasteiger partial charge in [0.1, 0.15) is 6.17 Å². The predicted molar refractivity (Wildman–Crippen MR) is 69.3 cm³/mol. The van der Waals surface area contributed by atoms with E-state index in [0.717, 1.165) is 9.13 Å². The minimum Gasteiger partial charge on any atom is -0.336 e. The molecule has 0 spiro atoms. The van der Waals surface area contributed by atoms with E-state index in [-0.39, 0.29) is 12.5 Å². The zero-order chi connectivity index (χ0) is 11.7. The molecule has 0 aliphatic carbocycles. The summed E-state index contributed by atoms with van der Waals surface area (Å²) in [6.45, 7) is 2.75. The SMILES string of the molecule is Cc1cc(C(=O)N2CCC(F)C2)ccc1I. The second-order valence-electron chi connectivity index (χ2n) is 4.10. The van der Waals surface area contributed by atoms with Crippen molar-refractivity contribution in [1.29, 1.82) is 0 Å². The van der Waals surface area contributed by atoms with E-state index in [4.69, 9.17) is 0 Å². The maximum Gasteiger partial charge on any atom is 0.253 e. The van der Waals surface area contributed by atoms with Gasteiger partial charge in [-0.25, -0.2) is 4.39 Å². The van der Waals surface area contributed by atoms with Crippen molar-refractivity contribution in [3.63, 3.8) is 0 Å². The van der Waals surface area contributed by atoms with Gasteiger partial charge in [0, 0.05) is 15.7 Å². The van der Waals surface area contributed by atoms with Crippen molar-refractivity contribution < 1.29 is 9.18 Å². The molecule has 1 atom stereocenters. The van der Waals surface area contributed by atoms with E-state index < -0.39 is 6.17 Å². The van der Waals surface area contributed by atoms with Crippen molar-refractivity contribution in [2.24, 2.45) is 0 Å². The maximum atomic E-state index is 13.0. The summed E-state index contributed by atoms with van der Waals surface area (Å²) in [6, 6.07) is 5.60. The Morgan fingerprint density at radius 3 is 2.88 bits per heavy atom. The number of aryl methyl sites for hydroxylation is 1. The van der Waals surface area contributed by atoms with Gasteiger partial charge < -0.3 is 4.90 Å². The van der Waals surface area contributed by atoms with Crippen LogP contribution in [0.3, 0.4) is 0 Å². The molecule has 0 radical (unpaired) electrons. The number of hydrogen-bond donors (Lipinski definition) is 0. The quantitative estimate of drug-likeness (QED) is 0.724. The molecule has 0 saturated carbocycles. The van der Waals surface area contributed by atoms with Crippen LogP contribution in [0.15, 0.2) is 18.2 Å². The molecule has 16 heavy (non-hydrogen) atoms. The first-order valence-corrected chi connectivity index (χ1v) is 6.35. The Labute approximate surface area is 108 Å². The second-order valence-corrected chi connectivity index (χ2v) is 5.26. The van der Waals surface area contributed by atoms with Crippen LogP contribution in [0.5, 0.6) is 0 Å². The summed E-state index contributed by atoms with van der Waals surface area (Å²) in [7, 11) is 0. The van der Waals surface area contributed by atoms with Crippen molar-refractivity contribution in [2.75, 3.05) is 13.1 Å². The fourth-order valence-electron chi connectivity index (χ4n) is 1.86. The van der Waals surface area contributed by atoms with Crippen LogP contribution in [0.4, 0.5) is 4.39 Å². The zero-order valence-corrected chi connectivity index (χ0v) is 11.2. The van der Waals surface area contributed by atoms with Gasteiger partial charge in [0.2, 0.25) is 0 Å². The smallest absolute Gasteiger partial charge is 0.253 e. The largest absolute Gasteiger partial charge is 0.336 e. The van der Waals surface area contributed by atoms with Gasteiger partial charge in [-0.3, -0.25) is 4.79 Å². The first-order chi connectivity index (χ1) is 7.58. The minimum absolute atomic E-state index is 0.0559. The number of likely N-dealkylation sites (tertiary alicyclic amines) is 1. The highest BCUT2D eigenvalue weighted by atomic mass is 127. The second kappa shape index (κ2) is 4.69. The summed E-state index contributed by atoms with van der Waals surface area (Å²) in [6.07, 6.45) is -0.386. The Morgan fingerprint density at radius 2 is 2.31 bits per heavy atom. The lowest BCUT2D eigenvalue weighted by molar-refractivity contribution is 0.0782. The number of rotatable bonds is 1. The van der Waals surface area contributed by atoms with E-state index in [1.165, 1.54) is 0 Å². The first-order valence-electron chi connectivity index (χ1n) is 5.27. The molecule has 0 bridgehead atoms. The van der Waals surface area contributed by atoms with Crippen LogP contribution in [-0.2, 0) is 0 Å². The predicted octanol–water partition coefficient (Wildman–Crippen LogP) is 2.78. The highest BCUT2D eigenvalue weighted by Crippen LogP contribution is 2.18. The number of carbonyl (C=O) groups is 1. The number of nitrogens with zero attached hydrogens (tertiary/aromatic N) is 1. The average Bonchev–Trinajstić information content (AvgIpc) is 2.68. The van der Waals surface area contributed by atoms with Crippen LogP contribution in [0.1, 0.15) is 22.3 Å². The van der Waals surface area contributed by atoms with Crippen molar-refractivity contribution in [1.82, 2.24) is 4.90 Å². The molecular weight excluding hydrogens is 320 g/mol. The summed E-state index contributed by atoms with van der Waals surface area (Å²) < 4.78 is 14.1. The molecule has 1 aromatic rings. The number of carbonyl (C=O) groups excluding carboxylic acids is 1. The molecule has 1 fully saturated rings. The van der Waals surface area contributed by atoms with Crippen LogP contribution in [-0.4, -0.2) is 30.1 Å². The van der Waals surface area contributed by atoms with Gasteiger partial charge >= 0.3 is 0 Å². The van der Waals surface area contributed by atoms with Crippen LogP contribution in [0.25, 0.3) is 0 Å². The third kappa shape index (κ3) is 2.36. The lowest BCUT2D eigenvalue weighted by Crippen LogP contribution is -2.28. The van der Waals surface area contributed by atoms with E-state index in [0.29, 0.717) is 18.5 Å². The summed E-state index contributed by atoms with van der Waals surface area (Å²) >= 11 is 2.23. The normalized spacial score (nSPS) is 20.2. The van der Waals surface area contributed by atoms with Gasteiger partial charge in [0.15, 0.2) is 0 Å². The third-order valence-electron chi connectivity index (χ3n) is 2.82. The summed E-state index contributed by atoms with van der Waals surface area (Å²) in [5.41, 5.74) is 1.74. The maximum absolute atomic E-state index is 13.0. The van der Waals surface area contributed by atoms with Gasteiger partial charge in [-0.15, -0.1) is 0 Å². The van der Waals surface area contributed by atoms with Gasteiger partial charge in [-0.1, -0.05) is 0 Å². The number of hydrogen-bond acceptors (Lipinski definition) is 1. The van der Waals surface area contributed by atoms with Gasteiger partial charge in [0.05, 0.1) is 6.54 Å². The van der Waals surface area contributed by atoms with E-state index in [1.54, 1.807) is 4.90 Å². The fourth-order valence-corrected chi connectivity index (χ4v) is 2.20. The van der Waals surface area contributed by atoms with Crippen LogP contribution < -0.4 is 0 Å². The van der Waals surface area contributed by atoms with Crippen molar-refractivity contribution in [3.8, 4) is 0 Å². The third-order valence-corrected chi connectivity index (χ3v) is 4.03. The molecule has 0 aromatic heterocycles. The first kappa shape index (κ1) is 11.8. The zero-order valence-electron chi connectivity index (χ0n) is 9.04. The van der Waals surface area contributed by atoms with E-state index in [2.05, 4.69) is 22.6 Å². The highest BCUT2D eigenvalue weighted by Gasteiger charge is 2.26. The molecule has 2 rings (SSSR count). The molecule has 1 aromatic carbocycles. The average molecular weight is 333 g/mol. The molecule has 1 heterocycles. The summed E-state index contributed by atoms with van der Waals surface area (Å²) in [5, 5.41) is 0. The number of amides is 1. The topological polar surface area (TPSA) is 20.3 Å². The van der Waals surface area contributed by atoms with Crippen molar-refractivity contribution >= 4 is 28.5 Å². The Bertz CT molecular complexity index is 421. The molecule has 4 heteroatoms. The lowest BCUT2D eigenvalue weighted by atomic mass is 10.1. The molecule has 86 valence electrons. The summed E-state index contributed by atoms with van der Waals surface area (Å²) in [4.78, 5) is 13.6.